The van der Waals surface area contributed by atoms with Gasteiger partial charge in [-0.2, -0.15) is 0 Å². The van der Waals surface area contributed by atoms with E-state index in [4.69, 9.17) is 9.84 Å². The molecule has 0 spiro atoms. The second kappa shape index (κ2) is 9.65. The van der Waals surface area contributed by atoms with E-state index in [1.807, 2.05) is 24.3 Å². The molecule has 0 radical (unpaired) electrons. The van der Waals surface area contributed by atoms with E-state index >= 15 is 0 Å². The third kappa shape index (κ3) is 4.72. The van der Waals surface area contributed by atoms with E-state index in [0.29, 0.717) is 32.2 Å². The Kier molecular flexibility index (Phi) is 6.67. The zero-order valence-electron chi connectivity index (χ0n) is 18.8. The lowest BCUT2D eigenvalue weighted by molar-refractivity contribution is -0.141. The van der Waals surface area contributed by atoms with Crippen molar-refractivity contribution in [3.05, 3.63) is 59.7 Å². The molecule has 4 rings (SSSR count). The molecule has 3 N–H and O–H groups in total. The molecule has 0 saturated heterocycles. The largest absolute Gasteiger partial charge is 0.481 e. The number of amides is 2. The monoisotopic (exact) mass is 450 g/mol. The number of carboxylic acids is 1. The van der Waals surface area contributed by atoms with Gasteiger partial charge >= 0.3 is 12.1 Å². The minimum atomic E-state index is -0.943. The van der Waals surface area contributed by atoms with Crippen LogP contribution < -0.4 is 10.6 Å². The molecule has 2 aromatic carbocycles. The van der Waals surface area contributed by atoms with E-state index in [9.17, 15) is 14.4 Å². The molecule has 0 aromatic heterocycles. The molecule has 2 aliphatic rings. The summed E-state index contributed by atoms with van der Waals surface area (Å²) >= 11 is 0. The standard InChI is InChI=1S/C26H30N2O5/c1-17(23(29)30)8-6-15-27-24(31)26(13-7-14-26)28-25(32)33-16-22-20-11-4-2-9-18(20)19-10-3-5-12-21(19)22/h2-5,9-12,17,22H,6-8,13-16H2,1H3,(H,27,31)(H,28,32)(H,29,30). The van der Waals surface area contributed by atoms with E-state index in [-0.39, 0.29) is 18.4 Å². The van der Waals surface area contributed by atoms with Gasteiger partial charge in [0.05, 0.1) is 5.92 Å². The molecule has 2 amide bonds. The van der Waals surface area contributed by atoms with E-state index < -0.39 is 23.5 Å². The lowest BCUT2D eigenvalue weighted by Gasteiger charge is -2.40. The number of fused-ring (bicyclic) bond motifs is 3. The number of ether oxygens (including phenoxy) is 1. The molecular weight excluding hydrogens is 420 g/mol. The van der Waals surface area contributed by atoms with Gasteiger partial charge in [-0.05, 0) is 54.4 Å². The quantitative estimate of drug-likeness (QED) is 0.500. The third-order valence-corrected chi connectivity index (χ3v) is 6.85. The average Bonchev–Trinajstić information content (AvgIpc) is 3.11. The van der Waals surface area contributed by atoms with Crippen LogP contribution in [0, 0.1) is 5.92 Å². The predicted molar refractivity (Wildman–Crippen MR) is 124 cm³/mol. The minimum absolute atomic E-state index is 0.0365. The highest BCUT2D eigenvalue weighted by atomic mass is 16.5. The molecule has 1 fully saturated rings. The number of hydrogen-bond acceptors (Lipinski definition) is 4. The van der Waals surface area contributed by atoms with Crippen LogP contribution in [-0.4, -0.2) is 41.8 Å². The zero-order chi connectivity index (χ0) is 23.4. The van der Waals surface area contributed by atoms with Crippen molar-refractivity contribution in [3.63, 3.8) is 0 Å². The normalized spacial score (nSPS) is 16.6. The molecule has 1 atom stereocenters. The van der Waals surface area contributed by atoms with Gasteiger partial charge in [0, 0.05) is 12.5 Å². The Morgan fingerprint density at radius 3 is 2.21 bits per heavy atom. The van der Waals surface area contributed by atoms with Gasteiger partial charge in [0.1, 0.15) is 12.1 Å². The molecule has 1 unspecified atom stereocenters. The summed E-state index contributed by atoms with van der Waals surface area (Å²) in [6.07, 6.45) is 2.45. The van der Waals surface area contributed by atoms with Gasteiger partial charge < -0.3 is 20.5 Å². The molecule has 33 heavy (non-hydrogen) atoms. The number of carbonyl (C=O) groups excluding carboxylic acids is 2. The van der Waals surface area contributed by atoms with E-state index in [1.165, 1.54) is 0 Å². The van der Waals surface area contributed by atoms with Crippen LogP contribution in [-0.2, 0) is 14.3 Å². The maximum Gasteiger partial charge on any atom is 0.408 e. The first-order chi connectivity index (χ1) is 15.9. The number of aliphatic carboxylic acids is 1. The highest BCUT2D eigenvalue weighted by Crippen LogP contribution is 2.44. The molecule has 7 nitrogen and oxygen atoms in total. The lowest BCUT2D eigenvalue weighted by Crippen LogP contribution is -2.63. The van der Waals surface area contributed by atoms with Gasteiger partial charge in [-0.1, -0.05) is 55.5 Å². The van der Waals surface area contributed by atoms with Crippen LogP contribution in [0.25, 0.3) is 11.1 Å². The number of rotatable bonds is 9. The Balaban J connectivity index is 1.32. The van der Waals surface area contributed by atoms with Crippen LogP contribution in [0.15, 0.2) is 48.5 Å². The first kappa shape index (κ1) is 22.8. The smallest absolute Gasteiger partial charge is 0.408 e. The SMILES string of the molecule is CC(CCCNC(=O)C1(NC(=O)OCC2c3ccccc3-c3ccccc32)CCC1)C(=O)O. The Morgan fingerprint density at radius 1 is 1.06 bits per heavy atom. The number of carboxylic acid groups (broad SMARTS) is 1. The number of benzene rings is 2. The summed E-state index contributed by atoms with van der Waals surface area (Å²) in [5.41, 5.74) is 3.65. The van der Waals surface area contributed by atoms with Crippen molar-refractivity contribution in [1.29, 1.82) is 0 Å². The summed E-state index contributed by atoms with van der Waals surface area (Å²) in [4.78, 5) is 36.3. The molecule has 2 aromatic rings. The molecule has 0 aliphatic heterocycles. The van der Waals surface area contributed by atoms with Crippen molar-refractivity contribution in [2.75, 3.05) is 13.2 Å². The summed E-state index contributed by atoms with van der Waals surface area (Å²) in [5, 5.41) is 14.6. The van der Waals surface area contributed by atoms with Gasteiger partial charge in [0.25, 0.3) is 0 Å². The van der Waals surface area contributed by atoms with E-state index in [1.54, 1.807) is 6.92 Å². The summed E-state index contributed by atoms with van der Waals surface area (Å²) in [5.74, 6) is -1.55. The summed E-state index contributed by atoms with van der Waals surface area (Å²) in [6.45, 7) is 2.23. The molecule has 2 aliphatic carbocycles. The Hall–Kier alpha value is -3.35. The van der Waals surface area contributed by atoms with Crippen LogP contribution in [0.3, 0.4) is 0 Å². The van der Waals surface area contributed by atoms with Crippen LogP contribution in [0.1, 0.15) is 56.1 Å². The van der Waals surface area contributed by atoms with Crippen molar-refractivity contribution in [2.24, 2.45) is 5.92 Å². The number of nitrogens with one attached hydrogen (secondary N) is 2. The second-order valence-electron chi connectivity index (χ2n) is 9.02. The summed E-state index contributed by atoms with van der Waals surface area (Å²) < 4.78 is 5.61. The fraction of sp³-hybridized carbons (Fsp3) is 0.423. The Bertz CT molecular complexity index is 1000. The van der Waals surface area contributed by atoms with Gasteiger partial charge in [-0.25, -0.2) is 4.79 Å². The van der Waals surface area contributed by atoms with Crippen LogP contribution in [0.4, 0.5) is 4.79 Å². The Labute approximate surface area is 193 Å². The van der Waals surface area contributed by atoms with Crippen molar-refractivity contribution >= 4 is 18.0 Å². The predicted octanol–water partition coefficient (Wildman–Crippen LogP) is 4.06. The van der Waals surface area contributed by atoms with E-state index in [2.05, 4.69) is 34.9 Å². The van der Waals surface area contributed by atoms with Gasteiger partial charge in [-0.15, -0.1) is 0 Å². The fourth-order valence-electron chi connectivity index (χ4n) is 4.67. The zero-order valence-corrected chi connectivity index (χ0v) is 18.8. The third-order valence-electron chi connectivity index (χ3n) is 6.85. The van der Waals surface area contributed by atoms with Crippen molar-refractivity contribution in [3.8, 4) is 11.1 Å². The van der Waals surface area contributed by atoms with Crippen molar-refractivity contribution in [2.45, 2.75) is 50.5 Å². The second-order valence-corrected chi connectivity index (χ2v) is 9.02. The van der Waals surface area contributed by atoms with Crippen molar-refractivity contribution < 1.29 is 24.2 Å². The van der Waals surface area contributed by atoms with Crippen LogP contribution in [0.2, 0.25) is 0 Å². The maximum atomic E-state index is 12.8. The summed E-state index contributed by atoms with van der Waals surface area (Å²) in [6, 6.07) is 16.3. The highest BCUT2D eigenvalue weighted by molar-refractivity contribution is 5.91. The minimum Gasteiger partial charge on any atom is -0.481 e. The van der Waals surface area contributed by atoms with E-state index in [0.717, 1.165) is 28.7 Å². The van der Waals surface area contributed by atoms with Gasteiger partial charge in [-0.3, -0.25) is 9.59 Å². The lowest BCUT2D eigenvalue weighted by atomic mass is 9.76. The van der Waals surface area contributed by atoms with Gasteiger partial charge in [0.2, 0.25) is 5.91 Å². The van der Waals surface area contributed by atoms with Crippen LogP contribution in [0.5, 0.6) is 0 Å². The summed E-state index contributed by atoms with van der Waals surface area (Å²) in [7, 11) is 0. The number of hydrogen-bond donors (Lipinski definition) is 3. The molecule has 7 heteroatoms. The molecule has 0 heterocycles. The van der Waals surface area contributed by atoms with Crippen molar-refractivity contribution in [1.82, 2.24) is 10.6 Å². The Morgan fingerprint density at radius 2 is 1.67 bits per heavy atom. The average molecular weight is 451 g/mol. The van der Waals surface area contributed by atoms with Crippen LogP contribution >= 0.6 is 0 Å². The molecule has 1 saturated carbocycles. The number of alkyl carbamates (subject to hydrolysis) is 1. The topological polar surface area (TPSA) is 105 Å². The highest BCUT2D eigenvalue weighted by Gasteiger charge is 2.46. The molecule has 174 valence electrons. The molecule has 0 bridgehead atoms. The first-order valence-electron chi connectivity index (χ1n) is 11.6. The molecular formula is C26H30N2O5. The maximum absolute atomic E-state index is 12.8. The number of carbonyl (C=O) groups is 3. The first-order valence-corrected chi connectivity index (χ1v) is 11.6. The fourth-order valence-corrected chi connectivity index (χ4v) is 4.67. The van der Waals surface area contributed by atoms with Gasteiger partial charge in [0.15, 0.2) is 0 Å².